The minimum absolute atomic E-state index is 0.000538. The molecule has 1 aromatic rings. The molecule has 1 rings (SSSR count). The van der Waals surface area contributed by atoms with Crippen LogP contribution >= 0.6 is 0 Å². The normalized spacial score (nSPS) is 13.4. The number of benzene rings is 1. The molecule has 1 unspecified atom stereocenters. The van der Waals surface area contributed by atoms with Gasteiger partial charge in [0.25, 0.3) is 18.5 Å². The van der Waals surface area contributed by atoms with Crippen LogP contribution in [-0.4, -0.2) is 30.6 Å². The first-order valence-corrected chi connectivity index (χ1v) is 5.41. The minimum atomic E-state index is -5.41. The summed E-state index contributed by atoms with van der Waals surface area (Å²) in [5.74, 6) is -5.83. The Morgan fingerprint density at radius 1 is 1.14 bits per heavy atom. The lowest BCUT2D eigenvalue weighted by atomic mass is 10.2. The van der Waals surface area contributed by atoms with Gasteiger partial charge in [-0.2, -0.15) is 13.2 Å². The number of halogens is 5. The fourth-order valence-electron chi connectivity index (χ4n) is 1.36. The molecule has 0 saturated heterocycles. The molecule has 0 bridgehead atoms. The summed E-state index contributed by atoms with van der Waals surface area (Å²) < 4.78 is 71.3. The van der Waals surface area contributed by atoms with Crippen molar-refractivity contribution >= 4 is 12.4 Å². The molecule has 1 atom stereocenters. The Labute approximate surface area is 115 Å². The Morgan fingerprint density at radius 3 is 2.05 bits per heavy atom. The zero-order valence-electron chi connectivity index (χ0n) is 10.5. The van der Waals surface area contributed by atoms with Crippen molar-refractivity contribution in [2.45, 2.75) is 25.1 Å². The molecule has 21 heavy (non-hydrogen) atoms. The van der Waals surface area contributed by atoms with Gasteiger partial charge in [-0.1, -0.05) is 0 Å². The van der Waals surface area contributed by atoms with Gasteiger partial charge < -0.3 is 9.47 Å². The van der Waals surface area contributed by atoms with E-state index in [9.17, 15) is 31.5 Å². The fraction of sp³-hybridized carbons (Fsp3) is 0.333. The van der Waals surface area contributed by atoms with Gasteiger partial charge in [-0.25, -0.2) is 13.6 Å². The van der Waals surface area contributed by atoms with Crippen LogP contribution in [0.4, 0.5) is 22.0 Å². The van der Waals surface area contributed by atoms with Crippen molar-refractivity contribution in [2.24, 2.45) is 0 Å². The Hall–Kier alpha value is -2.19. The van der Waals surface area contributed by atoms with Crippen molar-refractivity contribution in [3.05, 3.63) is 29.8 Å². The van der Waals surface area contributed by atoms with Gasteiger partial charge in [0.2, 0.25) is 0 Å². The van der Waals surface area contributed by atoms with Gasteiger partial charge in [-0.15, -0.1) is 0 Å². The lowest BCUT2D eigenvalue weighted by molar-refractivity contribution is -0.263. The highest BCUT2D eigenvalue weighted by Gasteiger charge is 2.56. The summed E-state index contributed by atoms with van der Waals surface area (Å²) in [6.07, 6.45) is -8.96. The van der Waals surface area contributed by atoms with Gasteiger partial charge in [0.05, 0.1) is 5.56 Å². The smallest absolute Gasteiger partial charge is 0.431 e. The zero-order valence-corrected chi connectivity index (χ0v) is 10.5. The molecule has 0 radical (unpaired) electrons. The number of esters is 1. The number of hydrogen-bond acceptors (Lipinski definition) is 4. The summed E-state index contributed by atoms with van der Waals surface area (Å²) in [6, 6.07) is 4.14. The van der Waals surface area contributed by atoms with Crippen molar-refractivity contribution in [2.75, 3.05) is 0 Å². The number of hydrogen-bond donors (Lipinski definition) is 0. The van der Waals surface area contributed by atoms with E-state index in [0.717, 1.165) is 24.3 Å². The topological polar surface area (TPSA) is 52.6 Å². The Bertz CT molecular complexity index is 490. The molecule has 4 nitrogen and oxygen atoms in total. The highest BCUT2D eigenvalue weighted by Crippen LogP contribution is 2.34. The molecule has 9 heteroatoms. The SMILES string of the molecule is CC(F)(F)C(OC(=O)c1ccc(OC=O)cc1)C(F)(F)F. The Kier molecular flexibility index (Phi) is 4.87. The van der Waals surface area contributed by atoms with E-state index >= 15 is 0 Å². The summed E-state index contributed by atoms with van der Waals surface area (Å²) in [6.45, 7) is 0.101. The van der Waals surface area contributed by atoms with Crippen LogP contribution in [0.15, 0.2) is 24.3 Å². The summed E-state index contributed by atoms with van der Waals surface area (Å²) in [7, 11) is 0. The Balaban J connectivity index is 2.90. The Morgan fingerprint density at radius 2 is 1.67 bits per heavy atom. The largest absolute Gasteiger partial charge is 0.443 e. The van der Waals surface area contributed by atoms with E-state index in [1.165, 1.54) is 0 Å². The van der Waals surface area contributed by atoms with Crippen LogP contribution in [-0.2, 0) is 9.53 Å². The lowest BCUT2D eigenvalue weighted by Crippen LogP contribution is -2.46. The highest BCUT2D eigenvalue weighted by atomic mass is 19.4. The lowest BCUT2D eigenvalue weighted by Gasteiger charge is -2.25. The molecule has 0 amide bonds. The third kappa shape index (κ3) is 4.69. The number of carbonyl (C=O) groups excluding carboxylic acids is 2. The average Bonchev–Trinajstić information content (AvgIpc) is 2.34. The van der Waals surface area contributed by atoms with Crippen LogP contribution < -0.4 is 4.74 Å². The van der Waals surface area contributed by atoms with Crippen LogP contribution in [0.3, 0.4) is 0 Å². The molecule has 0 spiro atoms. The molecule has 0 aliphatic rings. The summed E-state index contributed by atoms with van der Waals surface area (Å²) in [5, 5.41) is 0. The second kappa shape index (κ2) is 6.06. The number of alkyl halides is 5. The van der Waals surface area contributed by atoms with Gasteiger partial charge in [0, 0.05) is 6.92 Å². The van der Waals surface area contributed by atoms with Crippen molar-refractivity contribution in [1.82, 2.24) is 0 Å². The number of rotatable bonds is 5. The molecule has 0 aliphatic carbocycles. The highest BCUT2D eigenvalue weighted by molar-refractivity contribution is 5.89. The molecule has 0 fully saturated rings. The van der Waals surface area contributed by atoms with E-state index in [0.29, 0.717) is 0 Å². The third-order valence-corrected chi connectivity index (χ3v) is 2.26. The maximum Gasteiger partial charge on any atom is 0.431 e. The molecular weight excluding hydrogens is 303 g/mol. The van der Waals surface area contributed by atoms with E-state index in [-0.39, 0.29) is 19.1 Å². The molecule has 1 aromatic carbocycles. The molecule has 0 saturated carbocycles. The summed E-state index contributed by atoms with van der Waals surface area (Å²) >= 11 is 0. The summed E-state index contributed by atoms with van der Waals surface area (Å²) in [4.78, 5) is 21.5. The predicted molar refractivity (Wildman–Crippen MR) is 59.0 cm³/mol. The maximum absolute atomic E-state index is 12.9. The molecule has 0 aromatic heterocycles. The number of carbonyl (C=O) groups is 2. The second-order valence-electron chi connectivity index (χ2n) is 4.02. The molecule has 116 valence electrons. The van der Waals surface area contributed by atoms with Crippen LogP contribution in [0.5, 0.6) is 5.75 Å². The monoisotopic (exact) mass is 312 g/mol. The minimum Gasteiger partial charge on any atom is -0.443 e. The van der Waals surface area contributed by atoms with Gasteiger partial charge in [0.15, 0.2) is 0 Å². The van der Waals surface area contributed by atoms with Crippen LogP contribution in [0.25, 0.3) is 0 Å². The van der Waals surface area contributed by atoms with E-state index in [1.54, 1.807) is 0 Å². The van der Waals surface area contributed by atoms with Crippen LogP contribution in [0.2, 0.25) is 0 Å². The average molecular weight is 312 g/mol. The van der Waals surface area contributed by atoms with Crippen LogP contribution in [0.1, 0.15) is 17.3 Å². The summed E-state index contributed by atoms with van der Waals surface area (Å²) in [5.41, 5.74) is -0.397. The van der Waals surface area contributed by atoms with Crippen LogP contribution in [0, 0.1) is 0 Å². The van der Waals surface area contributed by atoms with Crippen molar-refractivity contribution in [3.63, 3.8) is 0 Å². The first-order chi connectivity index (χ1) is 9.55. The van der Waals surface area contributed by atoms with Gasteiger partial charge >= 0.3 is 12.1 Å². The molecular formula is C12H9F5O4. The maximum atomic E-state index is 12.9. The second-order valence-corrected chi connectivity index (χ2v) is 4.02. The zero-order chi connectivity index (χ0) is 16.3. The molecule has 0 heterocycles. The first-order valence-electron chi connectivity index (χ1n) is 5.41. The third-order valence-electron chi connectivity index (χ3n) is 2.26. The van der Waals surface area contributed by atoms with E-state index in [1.807, 2.05) is 0 Å². The quantitative estimate of drug-likeness (QED) is 0.476. The fourth-order valence-corrected chi connectivity index (χ4v) is 1.36. The van der Waals surface area contributed by atoms with E-state index in [2.05, 4.69) is 9.47 Å². The molecule has 0 aliphatic heterocycles. The standard InChI is InChI=1S/C12H9F5O4/c1-11(13,14)10(12(15,16)17)21-9(19)7-2-4-8(5-3-7)20-6-18/h2-6,10H,1H3. The van der Waals surface area contributed by atoms with Crippen molar-refractivity contribution < 1.29 is 41.0 Å². The van der Waals surface area contributed by atoms with Crippen molar-refractivity contribution in [1.29, 1.82) is 0 Å². The van der Waals surface area contributed by atoms with E-state index in [4.69, 9.17) is 0 Å². The van der Waals surface area contributed by atoms with Crippen molar-refractivity contribution in [3.8, 4) is 5.75 Å². The molecule has 0 N–H and O–H groups in total. The predicted octanol–water partition coefficient (Wildman–Crippen LogP) is 2.96. The number of ether oxygens (including phenoxy) is 2. The van der Waals surface area contributed by atoms with Gasteiger partial charge in [-0.3, -0.25) is 4.79 Å². The van der Waals surface area contributed by atoms with Gasteiger partial charge in [0.1, 0.15) is 5.75 Å². The first kappa shape index (κ1) is 16.9. The van der Waals surface area contributed by atoms with Gasteiger partial charge in [-0.05, 0) is 24.3 Å². The van der Waals surface area contributed by atoms with E-state index < -0.39 is 29.7 Å².